The lowest BCUT2D eigenvalue weighted by Crippen LogP contribution is -2.30. The van der Waals surface area contributed by atoms with Crippen LogP contribution >= 0.6 is 0 Å². The summed E-state index contributed by atoms with van der Waals surface area (Å²) in [7, 11) is 0. The van der Waals surface area contributed by atoms with E-state index < -0.39 is 0 Å². The maximum Gasteiger partial charge on any atom is 0.319 e. The molecule has 4 aromatic rings. The summed E-state index contributed by atoms with van der Waals surface area (Å²) in [6.45, 7) is 5.87. The van der Waals surface area contributed by atoms with Crippen molar-refractivity contribution >= 4 is 22.6 Å². The summed E-state index contributed by atoms with van der Waals surface area (Å²) in [6.07, 6.45) is 0.775. The number of nitriles is 1. The third-order valence-corrected chi connectivity index (χ3v) is 5.73. The minimum Gasteiger partial charge on any atom is -0.494 e. The van der Waals surface area contributed by atoms with E-state index in [1.807, 2.05) is 79.7 Å². The zero-order valence-corrected chi connectivity index (χ0v) is 19.5. The Labute approximate surface area is 199 Å². The second kappa shape index (κ2) is 10.6. The van der Waals surface area contributed by atoms with Crippen LogP contribution in [0.5, 0.6) is 5.75 Å². The predicted molar refractivity (Wildman–Crippen MR) is 136 cm³/mol. The van der Waals surface area contributed by atoms with Crippen LogP contribution in [0.3, 0.4) is 0 Å². The number of rotatable bonds is 8. The number of hydrogen-bond acceptors (Lipinski definition) is 3. The lowest BCUT2D eigenvalue weighted by atomic mass is 10.1. The normalized spacial score (nSPS) is 10.6. The van der Waals surface area contributed by atoms with Gasteiger partial charge in [-0.25, -0.2) is 4.79 Å². The van der Waals surface area contributed by atoms with Crippen LogP contribution in [-0.2, 0) is 13.0 Å². The van der Waals surface area contributed by atoms with Crippen molar-refractivity contribution in [1.29, 1.82) is 5.26 Å². The topological polar surface area (TPSA) is 79.1 Å². The zero-order valence-electron chi connectivity index (χ0n) is 19.5. The van der Waals surface area contributed by atoms with E-state index in [1.54, 1.807) is 0 Å². The Morgan fingerprint density at radius 3 is 2.47 bits per heavy atom. The monoisotopic (exact) mass is 452 g/mol. The SMILES string of the molecule is CCOc1ccc2c(C#N)c(-c3ccc(NC(=O)NCCc4ccccc4)cc3)n(CC)c2c1. The molecule has 0 radical (unpaired) electrons. The van der Waals surface area contributed by atoms with E-state index in [1.165, 1.54) is 5.56 Å². The standard InChI is InChI=1S/C28H28N4O2/c1-3-32-26-18-23(34-4-2)14-15-24(26)25(19-29)27(32)21-10-12-22(13-11-21)31-28(33)30-17-16-20-8-6-5-7-9-20/h5-15,18H,3-4,16-17H2,1-2H3,(H2,30,31,33). The third-order valence-electron chi connectivity index (χ3n) is 5.73. The molecule has 0 unspecified atom stereocenters. The molecule has 0 fully saturated rings. The molecular formula is C28H28N4O2. The summed E-state index contributed by atoms with van der Waals surface area (Å²) in [5, 5.41) is 16.6. The van der Waals surface area contributed by atoms with Gasteiger partial charge in [-0.15, -0.1) is 0 Å². The minimum absolute atomic E-state index is 0.243. The molecule has 34 heavy (non-hydrogen) atoms. The van der Waals surface area contributed by atoms with E-state index in [0.29, 0.717) is 30.9 Å². The van der Waals surface area contributed by atoms with E-state index in [0.717, 1.165) is 34.3 Å². The smallest absolute Gasteiger partial charge is 0.319 e. The number of aromatic nitrogens is 1. The van der Waals surface area contributed by atoms with Crippen molar-refractivity contribution in [1.82, 2.24) is 9.88 Å². The number of amides is 2. The lowest BCUT2D eigenvalue weighted by Gasteiger charge is -2.11. The van der Waals surface area contributed by atoms with Gasteiger partial charge in [0.15, 0.2) is 0 Å². The molecule has 0 aliphatic heterocycles. The first-order valence-corrected chi connectivity index (χ1v) is 11.5. The average Bonchev–Trinajstić information content (AvgIpc) is 3.18. The Kier molecular flexibility index (Phi) is 7.14. The molecule has 3 aromatic carbocycles. The van der Waals surface area contributed by atoms with Crippen LogP contribution in [0, 0.1) is 11.3 Å². The molecule has 2 N–H and O–H groups in total. The lowest BCUT2D eigenvalue weighted by molar-refractivity contribution is 0.252. The second-order valence-corrected chi connectivity index (χ2v) is 7.89. The summed E-state index contributed by atoms with van der Waals surface area (Å²) >= 11 is 0. The Morgan fingerprint density at radius 1 is 1.03 bits per heavy atom. The molecule has 0 saturated carbocycles. The third kappa shape index (κ3) is 4.89. The van der Waals surface area contributed by atoms with Gasteiger partial charge in [0.1, 0.15) is 11.8 Å². The van der Waals surface area contributed by atoms with Gasteiger partial charge < -0.3 is 19.9 Å². The molecule has 6 nitrogen and oxygen atoms in total. The number of nitrogens with one attached hydrogen (secondary N) is 2. The zero-order chi connectivity index (χ0) is 23.9. The molecule has 172 valence electrons. The number of carbonyl (C=O) groups excluding carboxylic acids is 1. The van der Waals surface area contributed by atoms with Crippen molar-refractivity contribution in [2.45, 2.75) is 26.8 Å². The predicted octanol–water partition coefficient (Wildman–Crippen LogP) is 5.96. The molecule has 0 spiro atoms. The molecule has 2 amide bonds. The van der Waals surface area contributed by atoms with Gasteiger partial charge in [0.2, 0.25) is 0 Å². The number of nitrogens with zero attached hydrogens (tertiary/aromatic N) is 2. The molecule has 4 rings (SSSR count). The van der Waals surface area contributed by atoms with Crippen LogP contribution in [0.25, 0.3) is 22.2 Å². The minimum atomic E-state index is -0.243. The van der Waals surface area contributed by atoms with Crippen molar-refractivity contribution < 1.29 is 9.53 Å². The molecule has 0 bridgehead atoms. The highest BCUT2D eigenvalue weighted by Gasteiger charge is 2.18. The van der Waals surface area contributed by atoms with Gasteiger partial charge in [-0.05, 0) is 55.7 Å². The van der Waals surface area contributed by atoms with E-state index in [4.69, 9.17) is 4.74 Å². The number of urea groups is 1. The van der Waals surface area contributed by atoms with Gasteiger partial charge in [0, 0.05) is 30.2 Å². The van der Waals surface area contributed by atoms with E-state index in [2.05, 4.69) is 28.2 Å². The Morgan fingerprint density at radius 2 is 1.79 bits per heavy atom. The van der Waals surface area contributed by atoms with Gasteiger partial charge in [-0.1, -0.05) is 42.5 Å². The van der Waals surface area contributed by atoms with Gasteiger partial charge in [-0.2, -0.15) is 5.26 Å². The van der Waals surface area contributed by atoms with Crippen LogP contribution in [-0.4, -0.2) is 23.7 Å². The summed E-state index contributed by atoms with van der Waals surface area (Å²) in [6, 6.07) is 25.6. The maximum atomic E-state index is 12.3. The second-order valence-electron chi connectivity index (χ2n) is 7.89. The molecule has 1 aromatic heterocycles. The van der Waals surface area contributed by atoms with Crippen LogP contribution in [0.4, 0.5) is 10.5 Å². The Hall–Kier alpha value is -4.24. The number of carbonyl (C=O) groups is 1. The van der Waals surface area contributed by atoms with E-state index >= 15 is 0 Å². The maximum absolute atomic E-state index is 12.3. The first-order chi connectivity index (χ1) is 16.6. The fourth-order valence-corrected chi connectivity index (χ4v) is 4.18. The van der Waals surface area contributed by atoms with Gasteiger partial charge in [-0.3, -0.25) is 0 Å². The average molecular weight is 453 g/mol. The molecule has 0 aliphatic carbocycles. The van der Waals surface area contributed by atoms with E-state index in [9.17, 15) is 10.1 Å². The number of aryl methyl sites for hydroxylation is 1. The van der Waals surface area contributed by atoms with Crippen molar-refractivity contribution in [2.24, 2.45) is 0 Å². The molecule has 6 heteroatoms. The van der Waals surface area contributed by atoms with Crippen LogP contribution < -0.4 is 15.4 Å². The highest BCUT2D eigenvalue weighted by molar-refractivity contribution is 5.96. The van der Waals surface area contributed by atoms with Gasteiger partial charge >= 0.3 is 6.03 Å². The summed E-state index contributed by atoms with van der Waals surface area (Å²) in [5.74, 6) is 0.788. The Balaban J connectivity index is 1.51. The van der Waals surface area contributed by atoms with Gasteiger partial charge in [0.25, 0.3) is 0 Å². The van der Waals surface area contributed by atoms with Crippen LogP contribution in [0.15, 0.2) is 72.8 Å². The quantitative estimate of drug-likeness (QED) is 0.346. The fraction of sp³-hybridized carbons (Fsp3) is 0.214. The molecular weight excluding hydrogens is 424 g/mol. The molecule has 0 saturated heterocycles. The van der Waals surface area contributed by atoms with Gasteiger partial charge in [0.05, 0.1) is 23.4 Å². The molecule has 0 aliphatic rings. The summed E-state index contributed by atoms with van der Waals surface area (Å²) in [5.41, 5.74) is 5.27. The first kappa shape index (κ1) is 22.9. The first-order valence-electron chi connectivity index (χ1n) is 11.5. The van der Waals surface area contributed by atoms with E-state index in [-0.39, 0.29) is 6.03 Å². The number of benzene rings is 3. The van der Waals surface area contributed by atoms with Crippen molar-refractivity contribution in [3.05, 3.63) is 83.9 Å². The molecule has 0 atom stereocenters. The largest absolute Gasteiger partial charge is 0.494 e. The summed E-state index contributed by atoms with van der Waals surface area (Å²) in [4.78, 5) is 12.3. The van der Waals surface area contributed by atoms with Crippen LogP contribution in [0.1, 0.15) is 25.0 Å². The van der Waals surface area contributed by atoms with Crippen molar-refractivity contribution in [3.63, 3.8) is 0 Å². The number of hydrogen-bond donors (Lipinski definition) is 2. The number of anilines is 1. The highest BCUT2D eigenvalue weighted by Crippen LogP contribution is 2.35. The highest BCUT2D eigenvalue weighted by atomic mass is 16.5. The van der Waals surface area contributed by atoms with Crippen LogP contribution in [0.2, 0.25) is 0 Å². The Bertz CT molecular complexity index is 1320. The molecule has 1 heterocycles. The van der Waals surface area contributed by atoms with Crippen molar-refractivity contribution in [3.8, 4) is 23.1 Å². The van der Waals surface area contributed by atoms with Crippen molar-refractivity contribution in [2.75, 3.05) is 18.5 Å². The number of fused-ring (bicyclic) bond motifs is 1. The fourth-order valence-electron chi connectivity index (χ4n) is 4.18. The number of ether oxygens (including phenoxy) is 1. The summed E-state index contributed by atoms with van der Waals surface area (Å²) < 4.78 is 7.80.